The van der Waals surface area contributed by atoms with Crippen molar-refractivity contribution in [2.75, 3.05) is 0 Å². The van der Waals surface area contributed by atoms with Crippen LogP contribution in [0.25, 0.3) is 64.2 Å². The fraction of sp³-hybridized carbons (Fsp3) is 0.0400. The third-order valence-corrected chi connectivity index (χ3v) is 10.4. The zero-order valence-corrected chi connectivity index (χ0v) is 32.2. The van der Waals surface area contributed by atoms with Crippen LogP contribution < -0.4 is 0 Å². The van der Waals surface area contributed by atoms with Crippen molar-refractivity contribution in [1.82, 2.24) is 0 Å². The summed E-state index contributed by atoms with van der Waals surface area (Å²) in [5, 5.41) is 64.5. The number of nitrogens with zero attached hydrogens (tertiary/aromatic N) is 10. The molecule has 0 unspecified atom stereocenters. The van der Waals surface area contributed by atoms with Crippen molar-refractivity contribution in [3.63, 3.8) is 0 Å². The van der Waals surface area contributed by atoms with Crippen LogP contribution in [-0.2, 0) is 6.18 Å². The number of rotatable bonds is 4. The van der Waals surface area contributed by atoms with E-state index in [2.05, 4.69) is 43.7 Å². The highest BCUT2D eigenvalue weighted by atomic mass is 19.4. The first-order valence-electron chi connectivity index (χ1n) is 18.1. The fourth-order valence-electron chi connectivity index (χ4n) is 7.82. The molecular weight excluding hydrogens is 798 g/mol. The van der Waals surface area contributed by atoms with Crippen LogP contribution in [0, 0.1) is 101 Å². The second kappa shape index (κ2) is 15.8. The first kappa shape index (κ1) is 40.9. The maximum Gasteiger partial charge on any atom is 0.416 e. The van der Waals surface area contributed by atoms with Gasteiger partial charge in [-0.3, -0.25) is 0 Å². The molecule has 13 heteroatoms. The lowest BCUT2D eigenvalue weighted by Crippen LogP contribution is -2.05. The Balaban J connectivity index is 1.78. The van der Waals surface area contributed by atoms with Crippen LogP contribution >= 0.6 is 0 Å². The van der Waals surface area contributed by atoms with Crippen LogP contribution in [0.2, 0.25) is 0 Å². The number of alkyl halides is 3. The van der Waals surface area contributed by atoms with E-state index in [0.29, 0.717) is 5.56 Å². The minimum Gasteiger partial charge on any atom is -0.239 e. The third-order valence-electron chi connectivity index (χ3n) is 10.4. The van der Waals surface area contributed by atoms with Crippen LogP contribution in [0.4, 0.5) is 24.5 Å². The molecule has 0 amide bonds. The molecule has 0 saturated heterocycles. The van der Waals surface area contributed by atoms with Crippen molar-refractivity contribution in [3.8, 4) is 36.4 Å². The Morgan fingerprint density at radius 1 is 0.556 bits per heavy atom. The zero-order valence-electron chi connectivity index (χ0n) is 32.2. The van der Waals surface area contributed by atoms with Crippen LogP contribution in [0.15, 0.2) is 84.9 Å². The molecule has 0 aromatic heterocycles. The molecule has 0 aliphatic heterocycles. The molecule has 0 fully saturated rings. The Bertz CT molecular complexity index is 3460. The van der Waals surface area contributed by atoms with Gasteiger partial charge in [-0.1, -0.05) is 60.2 Å². The minimum atomic E-state index is -4.76. The largest absolute Gasteiger partial charge is 0.416 e. The van der Waals surface area contributed by atoms with Gasteiger partial charge in [-0.25, -0.2) is 19.4 Å². The Morgan fingerprint density at radius 2 is 1.10 bits per heavy atom. The van der Waals surface area contributed by atoms with E-state index in [9.17, 15) is 44.7 Å². The summed E-state index contributed by atoms with van der Waals surface area (Å²) in [4.78, 5) is 14.6. The molecule has 10 nitrogen and oxygen atoms in total. The summed E-state index contributed by atoms with van der Waals surface area (Å²) in [5.74, 6) is 0. The smallest absolute Gasteiger partial charge is 0.239 e. The average Bonchev–Trinajstić information content (AvgIpc) is 3.81. The van der Waals surface area contributed by atoms with Gasteiger partial charge in [0, 0.05) is 16.7 Å². The van der Waals surface area contributed by atoms with E-state index in [0.717, 1.165) is 29.8 Å². The van der Waals surface area contributed by atoms with Gasteiger partial charge in [-0.05, 0) is 87.4 Å². The molecule has 0 saturated carbocycles. The summed E-state index contributed by atoms with van der Waals surface area (Å²) in [6, 6.07) is 30.7. The van der Waals surface area contributed by atoms with Crippen molar-refractivity contribution in [2.24, 2.45) is 0 Å². The topological polar surface area (TPSA) is 160 Å². The first-order chi connectivity index (χ1) is 30.4. The van der Waals surface area contributed by atoms with E-state index in [-0.39, 0.29) is 117 Å². The molecule has 5 aromatic carbocycles. The molecule has 7 rings (SSSR count). The molecule has 0 heterocycles. The molecular formula is C50H17F3N10. The maximum absolute atomic E-state index is 13.9. The molecule has 2 aliphatic rings. The second-order valence-corrected chi connectivity index (χ2v) is 13.8. The second-order valence-electron chi connectivity index (χ2n) is 13.8. The average molecular weight is 815 g/mol. The molecule has 0 radical (unpaired) electrons. The molecule has 2 aliphatic carbocycles. The minimum absolute atomic E-state index is 0.00388. The summed E-state index contributed by atoms with van der Waals surface area (Å²) in [6.07, 6.45) is -4.76. The third kappa shape index (κ3) is 6.56. The van der Waals surface area contributed by atoms with Crippen LogP contribution in [0.5, 0.6) is 0 Å². The highest BCUT2D eigenvalue weighted by Gasteiger charge is 2.44. The number of fused-ring (bicyclic) bond motifs is 2. The number of allylic oxidation sites excluding steroid dienone is 6. The number of hydrogen-bond acceptors (Lipinski definition) is 6. The van der Waals surface area contributed by atoms with Gasteiger partial charge in [-0.15, -0.1) is 0 Å². The van der Waals surface area contributed by atoms with Crippen molar-refractivity contribution in [2.45, 2.75) is 13.1 Å². The Hall–Kier alpha value is -10.3. The van der Waals surface area contributed by atoms with Crippen molar-refractivity contribution in [1.29, 1.82) is 31.6 Å². The summed E-state index contributed by atoms with van der Waals surface area (Å²) in [5.41, 5.74) is -2.68. The standard InChI is InChI=1S/C50H17F3N10/c1-26-6-8-30(9-7-26)41-43(36(22-56)31-17-34(60-2)19-35(18-31)61-3)45-39(25-59)44-42(38(24-58)46(45)49(41)63-5)37(23-57)40(29-10-12-33(13-11-29)50(51,52)53)47(44)48(62-4)32-15-27(20-54)14-28(16-32)21-55/h6-19H,1H3/b43-36+,48-47-. The summed E-state index contributed by atoms with van der Waals surface area (Å²) in [6.45, 7) is 34.3. The molecule has 288 valence electrons. The van der Waals surface area contributed by atoms with Crippen LogP contribution in [0.3, 0.4) is 0 Å². The molecule has 63 heavy (non-hydrogen) atoms. The highest BCUT2D eigenvalue weighted by molar-refractivity contribution is 6.35. The van der Waals surface area contributed by atoms with E-state index in [1.807, 2.05) is 19.1 Å². The van der Waals surface area contributed by atoms with Gasteiger partial charge in [0.2, 0.25) is 11.4 Å². The summed E-state index contributed by atoms with van der Waals surface area (Å²) in [7, 11) is 0. The Morgan fingerprint density at radius 3 is 1.57 bits per heavy atom. The van der Waals surface area contributed by atoms with Crippen LogP contribution in [0.1, 0.15) is 77.9 Å². The lowest BCUT2D eigenvalue weighted by atomic mass is 9.81. The van der Waals surface area contributed by atoms with E-state index in [4.69, 9.17) is 26.3 Å². The Labute approximate surface area is 357 Å². The van der Waals surface area contributed by atoms with Gasteiger partial charge in [0.1, 0.15) is 18.2 Å². The number of aryl methyl sites for hydroxylation is 1. The quantitative estimate of drug-likeness (QED) is 0.130. The molecule has 0 bridgehead atoms. The summed E-state index contributed by atoms with van der Waals surface area (Å²) < 4.78 is 41.6. The maximum atomic E-state index is 13.9. The number of nitriles is 6. The van der Waals surface area contributed by atoms with Gasteiger partial charge < -0.3 is 0 Å². The fourth-order valence-corrected chi connectivity index (χ4v) is 7.82. The highest BCUT2D eigenvalue weighted by Crippen LogP contribution is 2.60. The SMILES string of the molecule is [C-]#[N+]C1=C(c2ccc(C)cc2)/C(=C(/C#N)c2cc([N+]#[C-])cc([N+]#[C-])c2)c2c(C#N)c3c(c(C#N)c21)C(C#N)=C(c1ccc(C(F)(F)F)cc1)/C3=C(/[N+]#[C-])c1cc(C#N)cc(C#N)c1. The molecule has 0 spiro atoms. The molecule has 0 N–H and O–H groups in total. The lowest BCUT2D eigenvalue weighted by Gasteiger charge is -2.19. The number of hydrogen-bond donors (Lipinski definition) is 0. The first-order valence-corrected chi connectivity index (χ1v) is 18.1. The van der Waals surface area contributed by atoms with Gasteiger partial charge in [-0.2, -0.15) is 44.7 Å². The lowest BCUT2D eigenvalue weighted by molar-refractivity contribution is -0.137. The van der Waals surface area contributed by atoms with Gasteiger partial charge in [0.05, 0.1) is 83.5 Å². The van der Waals surface area contributed by atoms with E-state index >= 15 is 0 Å². The molecule has 0 atom stereocenters. The normalized spacial score (nSPS) is 13.8. The van der Waals surface area contributed by atoms with Crippen molar-refractivity contribution < 1.29 is 13.2 Å². The van der Waals surface area contributed by atoms with E-state index < -0.39 is 11.7 Å². The number of benzene rings is 5. The van der Waals surface area contributed by atoms with Gasteiger partial charge in [0.15, 0.2) is 11.4 Å². The van der Waals surface area contributed by atoms with E-state index in [1.165, 1.54) is 36.4 Å². The van der Waals surface area contributed by atoms with Crippen molar-refractivity contribution in [3.05, 3.63) is 208 Å². The summed E-state index contributed by atoms with van der Waals surface area (Å²) >= 11 is 0. The van der Waals surface area contributed by atoms with Gasteiger partial charge >= 0.3 is 6.18 Å². The van der Waals surface area contributed by atoms with E-state index in [1.54, 1.807) is 24.3 Å². The monoisotopic (exact) mass is 814 g/mol. The van der Waals surface area contributed by atoms with Crippen molar-refractivity contribution >= 4 is 56.2 Å². The predicted molar refractivity (Wildman–Crippen MR) is 225 cm³/mol. The Kier molecular flexibility index (Phi) is 10.3. The van der Waals surface area contributed by atoms with Gasteiger partial charge in [0.25, 0.3) is 0 Å². The van der Waals surface area contributed by atoms with Crippen LogP contribution in [-0.4, -0.2) is 0 Å². The predicted octanol–water partition coefficient (Wildman–Crippen LogP) is 12.1. The molecule has 5 aromatic rings. The number of halogens is 3. The zero-order chi connectivity index (χ0) is 45.3.